The van der Waals surface area contributed by atoms with E-state index in [-0.39, 0.29) is 18.1 Å². The molecule has 11 heteroatoms. The second kappa shape index (κ2) is 11.4. The monoisotopic (exact) mass is 537 g/mol. The molecule has 2 aromatic heterocycles. The van der Waals surface area contributed by atoms with Gasteiger partial charge in [0, 0.05) is 35.8 Å². The van der Waals surface area contributed by atoms with Gasteiger partial charge in [-0.2, -0.15) is 13.2 Å². The maximum absolute atomic E-state index is 13.3. The molecule has 0 saturated carbocycles. The van der Waals surface area contributed by atoms with Crippen LogP contribution in [0.25, 0.3) is 11.3 Å². The smallest absolute Gasteiger partial charge is 0.351 e. The number of carbonyl (C=O) groups is 2. The molecule has 0 spiro atoms. The number of aromatic nitrogens is 3. The number of carbonyl (C=O) groups excluding carboxylic acids is 2. The Morgan fingerprint density at radius 1 is 0.974 bits per heavy atom. The summed E-state index contributed by atoms with van der Waals surface area (Å²) in [5.41, 5.74) is 1.66. The maximum Gasteiger partial charge on any atom is 0.433 e. The minimum absolute atomic E-state index is 0.0589. The Kier molecular flexibility index (Phi) is 7.99. The number of halogens is 4. The van der Waals surface area contributed by atoms with Crippen LogP contribution in [0.1, 0.15) is 45.8 Å². The first-order valence-electron chi connectivity index (χ1n) is 11.8. The van der Waals surface area contributed by atoms with Crippen molar-refractivity contribution in [1.82, 2.24) is 20.3 Å². The van der Waals surface area contributed by atoms with Gasteiger partial charge < -0.3 is 10.6 Å². The molecular weight excluding hydrogens is 514 g/mol. The fourth-order valence-electron chi connectivity index (χ4n) is 3.72. The molecule has 0 radical (unpaired) electrons. The van der Waals surface area contributed by atoms with Gasteiger partial charge in [0.25, 0.3) is 5.91 Å². The number of anilines is 1. The third-order valence-corrected chi connectivity index (χ3v) is 5.88. The van der Waals surface area contributed by atoms with E-state index in [2.05, 4.69) is 25.6 Å². The largest absolute Gasteiger partial charge is 0.433 e. The van der Waals surface area contributed by atoms with Crippen LogP contribution in [0.3, 0.4) is 0 Å². The molecule has 0 aliphatic carbocycles. The van der Waals surface area contributed by atoms with E-state index in [0.29, 0.717) is 22.4 Å². The van der Waals surface area contributed by atoms with Gasteiger partial charge in [0.05, 0.1) is 11.6 Å². The molecule has 200 valence electrons. The standard InChI is InChI=1S/C28H23F4N5O2/c1-16-4-3-5-18(12-16)24-19(6-11-23(37-24)28(30,31)32)13-35-26(38)17(2)20-14-33-25(34-15-20)27(39)36-22-9-7-21(29)8-10-22/h3-12,14-15,17H,13H2,1-2H3,(H,35,38)(H,36,39). The summed E-state index contributed by atoms with van der Waals surface area (Å²) in [7, 11) is 0. The van der Waals surface area contributed by atoms with Gasteiger partial charge >= 0.3 is 6.18 Å². The number of nitrogens with zero attached hydrogens (tertiary/aromatic N) is 3. The number of amides is 2. The van der Waals surface area contributed by atoms with E-state index in [1.165, 1.54) is 42.7 Å². The number of pyridine rings is 1. The van der Waals surface area contributed by atoms with Gasteiger partial charge in [-0.05, 0) is 55.8 Å². The third-order valence-electron chi connectivity index (χ3n) is 5.88. The van der Waals surface area contributed by atoms with Gasteiger partial charge in [0.2, 0.25) is 11.7 Å². The van der Waals surface area contributed by atoms with E-state index in [1.807, 2.05) is 13.0 Å². The Hall–Kier alpha value is -4.67. The van der Waals surface area contributed by atoms with Crippen LogP contribution in [-0.4, -0.2) is 26.8 Å². The van der Waals surface area contributed by atoms with Crippen LogP contribution in [-0.2, 0) is 17.5 Å². The maximum atomic E-state index is 13.3. The number of nitrogens with one attached hydrogen (secondary N) is 2. The average molecular weight is 538 g/mol. The van der Waals surface area contributed by atoms with Gasteiger partial charge in [-0.15, -0.1) is 0 Å². The lowest BCUT2D eigenvalue weighted by atomic mass is 10.0. The fourth-order valence-corrected chi connectivity index (χ4v) is 3.72. The van der Waals surface area contributed by atoms with Crippen LogP contribution in [0.4, 0.5) is 23.2 Å². The molecule has 0 fully saturated rings. The number of hydrogen-bond acceptors (Lipinski definition) is 5. The normalized spacial score (nSPS) is 12.1. The van der Waals surface area contributed by atoms with Crippen LogP contribution in [0.2, 0.25) is 0 Å². The summed E-state index contributed by atoms with van der Waals surface area (Å²) in [5.74, 6) is -2.33. The van der Waals surface area contributed by atoms with Crippen molar-refractivity contribution < 1.29 is 27.2 Å². The van der Waals surface area contributed by atoms with Crippen molar-refractivity contribution >= 4 is 17.5 Å². The summed E-state index contributed by atoms with van der Waals surface area (Å²) in [6, 6.07) is 14.3. The molecule has 39 heavy (non-hydrogen) atoms. The molecule has 1 atom stereocenters. The highest BCUT2D eigenvalue weighted by atomic mass is 19.4. The van der Waals surface area contributed by atoms with Crippen molar-refractivity contribution in [2.24, 2.45) is 0 Å². The first-order chi connectivity index (χ1) is 18.5. The third kappa shape index (κ3) is 6.81. The molecule has 2 N–H and O–H groups in total. The van der Waals surface area contributed by atoms with Gasteiger partial charge in [-0.1, -0.05) is 29.8 Å². The number of benzene rings is 2. The van der Waals surface area contributed by atoms with Crippen molar-refractivity contribution in [3.63, 3.8) is 0 Å². The van der Waals surface area contributed by atoms with E-state index in [1.54, 1.807) is 25.1 Å². The van der Waals surface area contributed by atoms with Crippen LogP contribution in [0, 0.1) is 12.7 Å². The summed E-state index contributed by atoms with van der Waals surface area (Å²) < 4.78 is 53.0. The van der Waals surface area contributed by atoms with Crippen molar-refractivity contribution in [1.29, 1.82) is 0 Å². The predicted molar refractivity (Wildman–Crippen MR) is 136 cm³/mol. The van der Waals surface area contributed by atoms with Crippen molar-refractivity contribution in [3.05, 3.63) is 107 Å². The minimum Gasteiger partial charge on any atom is -0.351 e. The topological polar surface area (TPSA) is 96.9 Å². The molecule has 1 unspecified atom stereocenters. The van der Waals surface area contributed by atoms with Crippen molar-refractivity contribution in [2.45, 2.75) is 32.5 Å². The van der Waals surface area contributed by atoms with Crippen molar-refractivity contribution in [2.75, 3.05) is 5.32 Å². The van der Waals surface area contributed by atoms with Crippen LogP contribution < -0.4 is 10.6 Å². The lowest BCUT2D eigenvalue weighted by Gasteiger charge is -2.16. The molecule has 4 aromatic rings. The highest BCUT2D eigenvalue weighted by Crippen LogP contribution is 2.31. The average Bonchev–Trinajstić information content (AvgIpc) is 2.92. The Morgan fingerprint density at radius 3 is 2.31 bits per heavy atom. The molecule has 2 heterocycles. The molecule has 0 bridgehead atoms. The van der Waals surface area contributed by atoms with E-state index < -0.39 is 35.4 Å². The Labute approximate surface area is 221 Å². The summed E-state index contributed by atoms with van der Waals surface area (Å²) in [6.07, 6.45) is -1.93. The first kappa shape index (κ1) is 27.4. The predicted octanol–water partition coefficient (Wildman–Crippen LogP) is 5.68. The van der Waals surface area contributed by atoms with Gasteiger partial charge in [-0.3, -0.25) is 9.59 Å². The SMILES string of the molecule is Cc1cccc(-c2nc(C(F)(F)F)ccc2CNC(=O)C(C)c2cnc(C(=O)Nc3ccc(F)cc3)nc2)c1. The number of rotatable bonds is 7. The molecule has 2 amide bonds. The van der Waals surface area contributed by atoms with E-state index >= 15 is 0 Å². The van der Waals surface area contributed by atoms with Gasteiger partial charge in [0.1, 0.15) is 11.5 Å². The van der Waals surface area contributed by atoms with E-state index in [0.717, 1.165) is 11.6 Å². The molecule has 0 aliphatic rings. The molecule has 0 aliphatic heterocycles. The van der Waals surface area contributed by atoms with Gasteiger partial charge in [-0.25, -0.2) is 19.3 Å². The first-order valence-corrected chi connectivity index (χ1v) is 11.8. The molecular formula is C28H23F4N5O2. The Bertz CT molecular complexity index is 1490. The van der Waals surface area contributed by atoms with Crippen LogP contribution in [0.15, 0.2) is 73.1 Å². The Balaban J connectivity index is 1.45. The van der Waals surface area contributed by atoms with Crippen molar-refractivity contribution in [3.8, 4) is 11.3 Å². The zero-order valence-electron chi connectivity index (χ0n) is 20.9. The van der Waals surface area contributed by atoms with Crippen LogP contribution >= 0.6 is 0 Å². The second-order valence-corrected chi connectivity index (χ2v) is 8.81. The molecule has 7 nitrogen and oxygen atoms in total. The molecule has 0 saturated heterocycles. The highest BCUT2D eigenvalue weighted by molar-refractivity contribution is 6.01. The fraction of sp³-hybridized carbons (Fsp3) is 0.179. The zero-order valence-corrected chi connectivity index (χ0v) is 20.9. The van der Waals surface area contributed by atoms with E-state index in [9.17, 15) is 27.2 Å². The quantitative estimate of drug-likeness (QED) is 0.296. The highest BCUT2D eigenvalue weighted by Gasteiger charge is 2.33. The second-order valence-electron chi connectivity index (χ2n) is 8.81. The number of aryl methyl sites for hydroxylation is 1. The lowest BCUT2D eigenvalue weighted by molar-refractivity contribution is -0.141. The molecule has 4 rings (SSSR count). The van der Waals surface area contributed by atoms with Crippen LogP contribution in [0.5, 0.6) is 0 Å². The lowest BCUT2D eigenvalue weighted by Crippen LogP contribution is -2.28. The van der Waals surface area contributed by atoms with E-state index in [4.69, 9.17) is 0 Å². The van der Waals surface area contributed by atoms with Gasteiger partial charge in [0.15, 0.2) is 0 Å². The molecule has 2 aromatic carbocycles. The summed E-state index contributed by atoms with van der Waals surface area (Å²) in [4.78, 5) is 37.1. The number of hydrogen-bond donors (Lipinski definition) is 2. The minimum atomic E-state index is -4.61. The summed E-state index contributed by atoms with van der Waals surface area (Å²) in [6.45, 7) is 3.37. The number of alkyl halides is 3. The Morgan fingerprint density at radius 2 is 1.67 bits per heavy atom. The summed E-state index contributed by atoms with van der Waals surface area (Å²) in [5, 5.41) is 5.27. The zero-order chi connectivity index (χ0) is 28.2. The summed E-state index contributed by atoms with van der Waals surface area (Å²) >= 11 is 0.